The van der Waals surface area contributed by atoms with E-state index in [4.69, 9.17) is 4.98 Å². The summed E-state index contributed by atoms with van der Waals surface area (Å²) in [5, 5.41) is 3.20. The average Bonchev–Trinajstić information content (AvgIpc) is 3.15. The molecule has 1 N–H and O–H groups in total. The van der Waals surface area contributed by atoms with E-state index in [1.807, 2.05) is 7.05 Å². The Labute approximate surface area is 110 Å². The molecule has 0 spiro atoms. The highest BCUT2D eigenvalue weighted by atomic mass is 15.2. The van der Waals surface area contributed by atoms with Crippen molar-refractivity contribution in [2.75, 3.05) is 23.8 Å². The monoisotopic (exact) mass is 248 g/mol. The van der Waals surface area contributed by atoms with Crippen LogP contribution in [0.1, 0.15) is 50.9 Å². The van der Waals surface area contributed by atoms with Crippen LogP contribution in [0.3, 0.4) is 0 Å². The molecule has 2 rings (SSSR count). The Hall–Kier alpha value is -1.32. The molecule has 0 bridgehead atoms. The van der Waals surface area contributed by atoms with E-state index in [2.05, 4.69) is 42.9 Å². The summed E-state index contributed by atoms with van der Waals surface area (Å²) in [6.45, 7) is 9.67. The van der Waals surface area contributed by atoms with Gasteiger partial charge in [-0.05, 0) is 40.5 Å². The summed E-state index contributed by atoms with van der Waals surface area (Å²) in [5.74, 6) is 3.66. The number of anilines is 2. The van der Waals surface area contributed by atoms with Crippen LogP contribution in [0, 0.1) is 6.92 Å². The van der Waals surface area contributed by atoms with E-state index in [0.717, 1.165) is 29.6 Å². The molecule has 0 unspecified atom stereocenters. The first-order valence-corrected chi connectivity index (χ1v) is 6.91. The molecule has 1 aromatic rings. The predicted molar refractivity (Wildman–Crippen MR) is 76.4 cm³/mol. The van der Waals surface area contributed by atoms with Gasteiger partial charge in [0, 0.05) is 31.1 Å². The number of nitrogens with one attached hydrogen (secondary N) is 1. The van der Waals surface area contributed by atoms with Gasteiger partial charge in [0.2, 0.25) is 0 Å². The Bertz CT molecular complexity index is 424. The fourth-order valence-electron chi connectivity index (χ4n) is 2.33. The maximum Gasteiger partial charge on any atom is 0.137 e. The third-order valence-corrected chi connectivity index (χ3v) is 3.55. The second-order valence-corrected chi connectivity index (χ2v) is 5.28. The number of nitrogens with zero attached hydrogens (tertiary/aromatic N) is 3. The molecule has 0 aromatic carbocycles. The summed E-state index contributed by atoms with van der Waals surface area (Å²) >= 11 is 0. The lowest BCUT2D eigenvalue weighted by molar-refractivity contribution is 0.685. The Kier molecular flexibility index (Phi) is 3.73. The number of hydrogen-bond donors (Lipinski definition) is 1. The van der Waals surface area contributed by atoms with Gasteiger partial charge in [0.1, 0.15) is 17.5 Å². The Morgan fingerprint density at radius 1 is 1.33 bits per heavy atom. The van der Waals surface area contributed by atoms with Crippen LogP contribution in [0.25, 0.3) is 0 Å². The summed E-state index contributed by atoms with van der Waals surface area (Å²) in [7, 11) is 1.93. The lowest BCUT2D eigenvalue weighted by Crippen LogP contribution is -2.32. The quantitative estimate of drug-likeness (QED) is 0.870. The first-order chi connectivity index (χ1) is 8.58. The zero-order valence-corrected chi connectivity index (χ0v) is 12.1. The van der Waals surface area contributed by atoms with E-state index in [1.165, 1.54) is 12.8 Å². The van der Waals surface area contributed by atoms with Gasteiger partial charge in [-0.15, -0.1) is 0 Å². The van der Waals surface area contributed by atoms with Crippen LogP contribution in [-0.2, 0) is 0 Å². The van der Waals surface area contributed by atoms with E-state index in [0.29, 0.717) is 12.0 Å². The van der Waals surface area contributed by atoms with E-state index in [-0.39, 0.29) is 0 Å². The van der Waals surface area contributed by atoms with Gasteiger partial charge < -0.3 is 10.2 Å². The molecule has 18 heavy (non-hydrogen) atoms. The van der Waals surface area contributed by atoms with Crippen molar-refractivity contribution in [2.24, 2.45) is 0 Å². The van der Waals surface area contributed by atoms with Gasteiger partial charge in [0.05, 0.1) is 0 Å². The highest BCUT2D eigenvalue weighted by Gasteiger charge is 2.29. The fourth-order valence-corrected chi connectivity index (χ4v) is 2.33. The van der Waals surface area contributed by atoms with E-state index >= 15 is 0 Å². The van der Waals surface area contributed by atoms with Crippen LogP contribution in [0.4, 0.5) is 11.6 Å². The highest BCUT2D eigenvalue weighted by Crippen LogP contribution is 2.40. The van der Waals surface area contributed by atoms with Crippen LogP contribution < -0.4 is 10.2 Å². The minimum Gasteiger partial charge on any atom is -0.373 e. The SMILES string of the molecule is CCN(c1nc(C2CC2)nc(NC)c1C)C(C)C. The van der Waals surface area contributed by atoms with Crippen LogP contribution >= 0.6 is 0 Å². The molecular formula is C14H24N4. The highest BCUT2D eigenvalue weighted by molar-refractivity contribution is 5.59. The van der Waals surface area contributed by atoms with Crippen molar-refractivity contribution in [1.29, 1.82) is 0 Å². The fraction of sp³-hybridized carbons (Fsp3) is 0.714. The van der Waals surface area contributed by atoms with Gasteiger partial charge in [-0.1, -0.05) is 0 Å². The second-order valence-electron chi connectivity index (χ2n) is 5.28. The maximum absolute atomic E-state index is 4.81. The molecule has 4 nitrogen and oxygen atoms in total. The molecular weight excluding hydrogens is 224 g/mol. The van der Waals surface area contributed by atoms with E-state index in [9.17, 15) is 0 Å². The van der Waals surface area contributed by atoms with Crippen LogP contribution in [-0.4, -0.2) is 29.6 Å². The molecule has 1 aromatic heterocycles. The Balaban J connectivity index is 2.46. The third-order valence-electron chi connectivity index (χ3n) is 3.55. The van der Waals surface area contributed by atoms with Crippen LogP contribution in [0.15, 0.2) is 0 Å². The van der Waals surface area contributed by atoms with Crippen molar-refractivity contribution in [3.05, 3.63) is 11.4 Å². The predicted octanol–water partition coefficient (Wildman–Crippen LogP) is 2.94. The minimum absolute atomic E-state index is 0.459. The Morgan fingerprint density at radius 3 is 2.44 bits per heavy atom. The molecule has 1 aliphatic carbocycles. The molecule has 0 aliphatic heterocycles. The number of hydrogen-bond acceptors (Lipinski definition) is 4. The Morgan fingerprint density at radius 2 is 2.00 bits per heavy atom. The number of aromatic nitrogens is 2. The van der Waals surface area contributed by atoms with Crippen molar-refractivity contribution in [3.63, 3.8) is 0 Å². The smallest absolute Gasteiger partial charge is 0.137 e. The van der Waals surface area contributed by atoms with Crippen molar-refractivity contribution in [3.8, 4) is 0 Å². The lowest BCUT2D eigenvalue weighted by atomic mass is 10.2. The topological polar surface area (TPSA) is 41.1 Å². The van der Waals surface area contributed by atoms with Crippen molar-refractivity contribution < 1.29 is 0 Å². The van der Waals surface area contributed by atoms with Gasteiger partial charge in [-0.2, -0.15) is 0 Å². The van der Waals surface area contributed by atoms with Crippen LogP contribution in [0.2, 0.25) is 0 Å². The van der Waals surface area contributed by atoms with Crippen LogP contribution in [0.5, 0.6) is 0 Å². The largest absolute Gasteiger partial charge is 0.373 e. The van der Waals surface area contributed by atoms with Gasteiger partial charge in [-0.25, -0.2) is 9.97 Å². The standard InChI is InChI=1S/C14H24N4/c1-6-18(9(2)3)14-10(4)12(15-5)16-13(17-14)11-7-8-11/h9,11H,6-8H2,1-5H3,(H,15,16,17). The molecule has 0 saturated heterocycles. The zero-order valence-electron chi connectivity index (χ0n) is 12.1. The first-order valence-electron chi connectivity index (χ1n) is 6.91. The molecule has 1 fully saturated rings. The summed E-state index contributed by atoms with van der Waals surface area (Å²) in [6, 6.07) is 0.459. The molecule has 100 valence electrons. The summed E-state index contributed by atoms with van der Waals surface area (Å²) in [6.07, 6.45) is 2.47. The van der Waals surface area contributed by atoms with Crippen molar-refractivity contribution in [2.45, 2.75) is 52.5 Å². The molecule has 0 amide bonds. The van der Waals surface area contributed by atoms with Crippen molar-refractivity contribution >= 4 is 11.6 Å². The zero-order chi connectivity index (χ0) is 13.3. The minimum atomic E-state index is 0.459. The van der Waals surface area contributed by atoms with Gasteiger partial charge in [0.15, 0.2) is 0 Å². The van der Waals surface area contributed by atoms with Gasteiger partial charge in [-0.3, -0.25) is 0 Å². The molecule has 0 atom stereocenters. The normalized spacial score (nSPS) is 15.0. The number of rotatable bonds is 5. The molecule has 1 heterocycles. The van der Waals surface area contributed by atoms with E-state index < -0.39 is 0 Å². The molecule has 1 aliphatic rings. The van der Waals surface area contributed by atoms with E-state index in [1.54, 1.807) is 0 Å². The van der Waals surface area contributed by atoms with Crippen molar-refractivity contribution in [1.82, 2.24) is 9.97 Å². The summed E-state index contributed by atoms with van der Waals surface area (Å²) < 4.78 is 0. The maximum atomic E-state index is 4.81. The van der Waals surface area contributed by atoms with Gasteiger partial charge in [0.25, 0.3) is 0 Å². The third kappa shape index (κ3) is 2.42. The second kappa shape index (κ2) is 5.12. The summed E-state index contributed by atoms with van der Waals surface area (Å²) in [4.78, 5) is 11.8. The molecule has 4 heteroatoms. The van der Waals surface area contributed by atoms with Gasteiger partial charge >= 0.3 is 0 Å². The summed E-state index contributed by atoms with van der Waals surface area (Å²) in [5.41, 5.74) is 1.15. The lowest BCUT2D eigenvalue weighted by Gasteiger charge is -2.28. The first kappa shape index (κ1) is 13.1. The molecule has 1 saturated carbocycles. The average molecular weight is 248 g/mol. The molecule has 0 radical (unpaired) electrons.